The van der Waals surface area contributed by atoms with Crippen LogP contribution in [0.3, 0.4) is 0 Å². The number of nitrogens with zero attached hydrogens (tertiary/aromatic N) is 3. The Balaban J connectivity index is 1.33. The summed E-state index contributed by atoms with van der Waals surface area (Å²) in [4.78, 5) is 31.5. The normalized spacial score (nSPS) is 34.2. The zero-order valence-electron chi connectivity index (χ0n) is 19.8. The Hall–Kier alpha value is -1.46. The van der Waals surface area contributed by atoms with Gasteiger partial charge in [-0.05, 0) is 47.8 Å². The lowest BCUT2D eigenvalue weighted by atomic mass is 9.73. The van der Waals surface area contributed by atoms with E-state index in [1.54, 1.807) is 0 Å². The summed E-state index contributed by atoms with van der Waals surface area (Å²) >= 11 is 0. The Bertz CT molecular complexity index is 676. The fraction of sp³-hybridized carbons (Fsp3) is 0.917. The van der Waals surface area contributed by atoms with Crippen LogP contribution >= 0.6 is 0 Å². The van der Waals surface area contributed by atoms with E-state index < -0.39 is 0 Å². The molecule has 6 heteroatoms. The molecule has 3 aliphatic heterocycles. The fourth-order valence-corrected chi connectivity index (χ4v) is 5.66. The summed E-state index contributed by atoms with van der Waals surface area (Å²) in [6.45, 7) is 18.7. The van der Waals surface area contributed by atoms with E-state index in [-0.39, 0.29) is 29.1 Å². The van der Waals surface area contributed by atoms with Gasteiger partial charge in [-0.1, -0.05) is 41.5 Å². The zero-order chi connectivity index (χ0) is 21.8. The van der Waals surface area contributed by atoms with Crippen LogP contribution in [0.25, 0.3) is 0 Å². The minimum atomic E-state index is -0.131. The van der Waals surface area contributed by atoms with E-state index in [9.17, 15) is 9.59 Å². The Kier molecular flexibility index (Phi) is 5.51. The largest absolute Gasteiger partial charge is 0.446 e. The van der Waals surface area contributed by atoms with Crippen LogP contribution in [0, 0.1) is 34.5 Å². The highest BCUT2D eigenvalue weighted by Crippen LogP contribution is 2.51. The molecule has 5 unspecified atom stereocenters. The fourth-order valence-electron chi connectivity index (χ4n) is 5.66. The van der Waals surface area contributed by atoms with E-state index in [2.05, 4.69) is 46.4 Å². The van der Waals surface area contributed by atoms with Gasteiger partial charge in [0.15, 0.2) is 0 Å². The molecule has 4 aliphatic rings. The highest BCUT2D eigenvalue weighted by Gasteiger charge is 2.55. The summed E-state index contributed by atoms with van der Waals surface area (Å²) < 4.78 is 5.94. The third kappa shape index (κ3) is 4.29. The van der Waals surface area contributed by atoms with Gasteiger partial charge in [-0.25, -0.2) is 9.59 Å². The molecule has 1 aliphatic carbocycles. The first-order valence-electron chi connectivity index (χ1n) is 11.9. The summed E-state index contributed by atoms with van der Waals surface area (Å²) in [6.07, 6.45) is 3.03. The molecule has 0 aromatic rings. The summed E-state index contributed by atoms with van der Waals surface area (Å²) in [5.41, 5.74) is 0.369. The molecule has 5 atom stereocenters. The highest BCUT2D eigenvalue weighted by atomic mass is 16.6. The lowest BCUT2D eigenvalue weighted by Crippen LogP contribution is -2.49. The van der Waals surface area contributed by atoms with Crippen molar-refractivity contribution in [2.45, 2.75) is 66.9 Å². The first-order chi connectivity index (χ1) is 13.9. The molecular formula is C24H41N3O3. The third-order valence-corrected chi connectivity index (χ3v) is 8.13. The number of hydrogen-bond acceptors (Lipinski definition) is 3. The predicted molar refractivity (Wildman–Crippen MR) is 117 cm³/mol. The predicted octanol–water partition coefficient (Wildman–Crippen LogP) is 4.30. The lowest BCUT2D eigenvalue weighted by Gasteiger charge is -2.35. The Morgan fingerprint density at radius 2 is 1.50 bits per heavy atom. The van der Waals surface area contributed by atoms with Crippen molar-refractivity contribution < 1.29 is 14.3 Å². The quantitative estimate of drug-likeness (QED) is 0.671. The smallest absolute Gasteiger partial charge is 0.410 e. The maximum absolute atomic E-state index is 12.8. The molecule has 170 valence electrons. The molecule has 4 rings (SSSR count). The van der Waals surface area contributed by atoms with Gasteiger partial charge < -0.3 is 19.4 Å². The molecule has 1 saturated carbocycles. The number of urea groups is 1. The van der Waals surface area contributed by atoms with Gasteiger partial charge in [-0.3, -0.25) is 0 Å². The van der Waals surface area contributed by atoms with E-state index in [1.165, 1.54) is 0 Å². The van der Waals surface area contributed by atoms with Gasteiger partial charge in [-0.15, -0.1) is 0 Å². The average Bonchev–Trinajstić information content (AvgIpc) is 3.02. The van der Waals surface area contributed by atoms with Crippen molar-refractivity contribution in [3.63, 3.8) is 0 Å². The van der Waals surface area contributed by atoms with Crippen LogP contribution in [0.4, 0.5) is 9.59 Å². The van der Waals surface area contributed by atoms with Gasteiger partial charge in [0.25, 0.3) is 0 Å². The maximum Gasteiger partial charge on any atom is 0.410 e. The summed E-state index contributed by atoms with van der Waals surface area (Å²) in [5.74, 6) is 1.82. The maximum atomic E-state index is 12.8. The van der Waals surface area contributed by atoms with Crippen molar-refractivity contribution in [3.8, 4) is 0 Å². The summed E-state index contributed by atoms with van der Waals surface area (Å²) in [5, 5.41) is 0. The molecular weight excluding hydrogens is 378 g/mol. The number of carbonyl (C=O) groups excluding carboxylic acids is 2. The van der Waals surface area contributed by atoms with Crippen LogP contribution in [-0.4, -0.2) is 72.2 Å². The second-order valence-corrected chi connectivity index (χ2v) is 12.3. The average molecular weight is 420 g/mol. The van der Waals surface area contributed by atoms with E-state index in [4.69, 9.17) is 4.74 Å². The molecule has 0 radical (unpaired) electrons. The van der Waals surface area contributed by atoms with Crippen molar-refractivity contribution in [1.29, 1.82) is 0 Å². The second-order valence-electron chi connectivity index (χ2n) is 12.3. The van der Waals surface area contributed by atoms with E-state index in [0.29, 0.717) is 23.7 Å². The van der Waals surface area contributed by atoms with Crippen LogP contribution in [0.2, 0.25) is 0 Å². The zero-order valence-corrected chi connectivity index (χ0v) is 19.8. The minimum Gasteiger partial charge on any atom is -0.446 e. The Labute approximate surface area is 182 Å². The van der Waals surface area contributed by atoms with Crippen molar-refractivity contribution >= 4 is 12.1 Å². The van der Waals surface area contributed by atoms with Crippen molar-refractivity contribution in [2.24, 2.45) is 34.5 Å². The molecule has 0 aromatic carbocycles. The van der Waals surface area contributed by atoms with Crippen molar-refractivity contribution in [3.05, 3.63) is 0 Å². The number of rotatable bonds is 2. The highest BCUT2D eigenvalue weighted by molar-refractivity contribution is 5.75. The van der Waals surface area contributed by atoms with Crippen molar-refractivity contribution in [2.75, 3.05) is 39.3 Å². The molecule has 3 amide bonds. The summed E-state index contributed by atoms with van der Waals surface area (Å²) in [7, 11) is 0. The first-order valence-corrected chi connectivity index (χ1v) is 11.9. The molecule has 0 bridgehead atoms. The monoisotopic (exact) mass is 419 g/mol. The molecule has 0 N–H and O–H groups in total. The standard InChI is InChI=1S/C24H41N3O3/c1-23(2,3)16-8-11-26(13-16)22(29)30-20-12-17(20)18-14-27(15-19(18)24(4,5)6)21(28)25-9-7-10-25/h16-20H,7-15H2,1-6H3. The van der Waals surface area contributed by atoms with Gasteiger partial charge in [-0.2, -0.15) is 0 Å². The first kappa shape index (κ1) is 21.8. The molecule has 3 saturated heterocycles. The number of likely N-dealkylation sites (tertiary alicyclic amines) is 3. The number of carbonyl (C=O) groups is 2. The number of amides is 3. The molecule has 0 spiro atoms. The summed E-state index contributed by atoms with van der Waals surface area (Å²) in [6, 6.07) is 0.206. The SMILES string of the molecule is CC(C)(C)C1CCN(C(=O)OC2CC2C2CN(C(=O)N3CCC3)CC2C(C)(C)C)C1. The van der Waals surface area contributed by atoms with Crippen LogP contribution in [0.1, 0.15) is 60.8 Å². The van der Waals surface area contributed by atoms with Gasteiger partial charge in [0, 0.05) is 45.2 Å². The van der Waals surface area contributed by atoms with Crippen LogP contribution in [0.15, 0.2) is 0 Å². The van der Waals surface area contributed by atoms with Gasteiger partial charge in [0.05, 0.1) is 0 Å². The van der Waals surface area contributed by atoms with E-state index in [1.807, 2.05) is 9.80 Å². The van der Waals surface area contributed by atoms with Crippen LogP contribution in [-0.2, 0) is 4.74 Å². The number of hydrogen-bond donors (Lipinski definition) is 0. The van der Waals surface area contributed by atoms with E-state index in [0.717, 1.165) is 58.5 Å². The van der Waals surface area contributed by atoms with Gasteiger partial charge >= 0.3 is 12.1 Å². The van der Waals surface area contributed by atoms with Crippen molar-refractivity contribution in [1.82, 2.24) is 14.7 Å². The third-order valence-electron chi connectivity index (χ3n) is 8.13. The molecule has 3 heterocycles. The van der Waals surface area contributed by atoms with Crippen LogP contribution < -0.4 is 0 Å². The molecule has 6 nitrogen and oxygen atoms in total. The molecule has 0 aromatic heterocycles. The topological polar surface area (TPSA) is 53.1 Å². The number of ether oxygens (including phenoxy) is 1. The van der Waals surface area contributed by atoms with Crippen LogP contribution in [0.5, 0.6) is 0 Å². The lowest BCUT2D eigenvalue weighted by molar-refractivity contribution is 0.0859. The Morgan fingerprint density at radius 1 is 0.800 bits per heavy atom. The molecule has 4 fully saturated rings. The van der Waals surface area contributed by atoms with Gasteiger partial charge in [0.2, 0.25) is 0 Å². The minimum absolute atomic E-state index is 0.0279. The van der Waals surface area contributed by atoms with Gasteiger partial charge in [0.1, 0.15) is 6.10 Å². The van der Waals surface area contributed by atoms with E-state index >= 15 is 0 Å². The second kappa shape index (κ2) is 7.59. The Morgan fingerprint density at radius 3 is 2.03 bits per heavy atom. The molecule has 30 heavy (non-hydrogen) atoms.